The summed E-state index contributed by atoms with van der Waals surface area (Å²) in [4.78, 5) is 16.8. The number of hydrogen-bond acceptors (Lipinski definition) is 4. The van der Waals surface area contributed by atoms with Crippen molar-refractivity contribution in [2.75, 3.05) is 6.61 Å². The minimum Gasteiger partial charge on any atom is -0.493 e. The molecule has 0 saturated heterocycles. The van der Waals surface area contributed by atoms with Crippen LogP contribution in [0.4, 0.5) is 0 Å². The molecular weight excluding hydrogens is 442 g/mol. The van der Waals surface area contributed by atoms with E-state index in [1.165, 1.54) is 5.56 Å². The van der Waals surface area contributed by atoms with Crippen molar-refractivity contribution in [2.45, 2.75) is 13.3 Å². The number of hydrogen-bond donors (Lipinski definition) is 0. The van der Waals surface area contributed by atoms with Gasteiger partial charge in [-0.05, 0) is 48.4 Å². The molecule has 0 spiro atoms. The number of ether oxygens (including phenoxy) is 2. The van der Waals surface area contributed by atoms with E-state index in [4.69, 9.17) is 9.47 Å². The third-order valence-electron chi connectivity index (χ3n) is 4.73. The number of nitrogens with zero attached hydrogens (tertiary/aromatic N) is 1. The Morgan fingerprint density at radius 2 is 1.80 bits per heavy atom. The van der Waals surface area contributed by atoms with Gasteiger partial charge in [-0.25, -0.2) is 9.79 Å². The van der Waals surface area contributed by atoms with E-state index in [0.717, 1.165) is 27.6 Å². The smallest absolute Gasteiger partial charge is 0.363 e. The molecule has 3 aromatic rings. The predicted molar refractivity (Wildman–Crippen MR) is 122 cm³/mol. The van der Waals surface area contributed by atoms with Crippen molar-refractivity contribution in [3.8, 4) is 5.75 Å². The highest BCUT2D eigenvalue weighted by molar-refractivity contribution is 9.10. The van der Waals surface area contributed by atoms with Gasteiger partial charge in [-0.3, -0.25) is 0 Å². The van der Waals surface area contributed by atoms with Gasteiger partial charge in [0, 0.05) is 22.0 Å². The summed E-state index contributed by atoms with van der Waals surface area (Å²) in [6.07, 6.45) is 2.51. The lowest BCUT2D eigenvalue weighted by atomic mass is 10.1. The lowest BCUT2D eigenvalue weighted by molar-refractivity contribution is -0.129. The van der Waals surface area contributed by atoms with E-state index in [0.29, 0.717) is 18.3 Å². The predicted octanol–water partition coefficient (Wildman–Crippen LogP) is 5.72. The van der Waals surface area contributed by atoms with Crippen molar-refractivity contribution in [2.24, 2.45) is 4.99 Å². The summed E-state index contributed by atoms with van der Waals surface area (Å²) < 4.78 is 12.4. The summed E-state index contributed by atoms with van der Waals surface area (Å²) in [6, 6.07) is 23.5. The molecule has 0 fully saturated rings. The molecule has 1 aliphatic heterocycles. The Morgan fingerprint density at radius 1 is 1.03 bits per heavy atom. The normalized spacial score (nSPS) is 14.5. The van der Waals surface area contributed by atoms with Crippen molar-refractivity contribution < 1.29 is 14.3 Å². The SMILES string of the molecule is Cc1cc(C2=N/C(=C/c3ccccc3OCCc3ccccc3)C(=O)O2)ccc1Br. The average molecular weight is 462 g/mol. The van der Waals surface area contributed by atoms with Crippen molar-refractivity contribution in [3.63, 3.8) is 0 Å². The van der Waals surface area contributed by atoms with Crippen LogP contribution < -0.4 is 4.74 Å². The van der Waals surface area contributed by atoms with E-state index < -0.39 is 5.97 Å². The lowest BCUT2D eigenvalue weighted by Gasteiger charge is -2.09. The minimum atomic E-state index is -0.468. The van der Waals surface area contributed by atoms with Crippen LogP contribution in [0.15, 0.2) is 88.0 Å². The molecule has 0 aliphatic carbocycles. The van der Waals surface area contributed by atoms with Gasteiger partial charge in [-0.1, -0.05) is 64.5 Å². The molecule has 1 heterocycles. The molecule has 0 N–H and O–H groups in total. The van der Waals surface area contributed by atoms with Gasteiger partial charge in [0.1, 0.15) is 5.75 Å². The summed E-state index contributed by atoms with van der Waals surface area (Å²) in [5.41, 5.74) is 4.06. The van der Waals surface area contributed by atoms with Gasteiger partial charge in [-0.2, -0.15) is 0 Å². The van der Waals surface area contributed by atoms with Gasteiger partial charge in [0.15, 0.2) is 5.70 Å². The quantitative estimate of drug-likeness (QED) is 0.348. The number of benzene rings is 3. The van der Waals surface area contributed by atoms with Crippen molar-refractivity contribution in [1.29, 1.82) is 0 Å². The molecule has 0 bridgehead atoms. The Bertz CT molecular complexity index is 1140. The molecule has 3 aromatic carbocycles. The monoisotopic (exact) mass is 461 g/mol. The first-order valence-electron chi connectivity index (χ1n) is 9.65. The summed E-state index contributed by atoms with van der Waals surface area (Å²) in [7, 11) is 0. The van der Waals surface area contributed by atoms with Crippen molar-refractivity contribution >= 4 is 33.9 Å². The number of aliphatic imine (C=N–C) groups is 1. The van der Waals surface area contributed by atoms with Crippen LogP contribution in [0.1, 0.15) is 22.3 Å². The Hall–Kier alpha value is -3.18. The molecule has 0 unspecified atom stereocenters. The number of halogens is 1. The van der Waals surface area contributed by atoms with Crippen LogP contribution >= 0.6 is 15.9 Å². The second-order valence-electron chi connectivity index (χ2n) is 6.92. The molecule has 0 aromatic heterocycles. The van der Waals surface area contributed by atoms with Crippen LogP contribution in [0.2, 0.25) is 0 Å². The van der Waals surface area contributed by atoms with E-state index >= 15 is 0 Å². The van der Waals surface area contributed by atoms with Gasteiger partial charge in [-0.15, -0.1) is 0 Å². The maximum absolute atomic E-state index is 12.4. The zero-order chi connectivity index (χ0) is 20.9. The molecule has 0 amide bonds. The van der Waals surface area contributed by atoms with Crippen LogP contribution in [0.5, 0.6) is 5.75 Å². The second kappa shape index (κ2) is 9.09. The molecule has 4 nitrogen and oxygen atoms in total. The average Bonchev–Trinajstić information content (AvgIpc) is 3.12. The third-order valence-corrected chi connectivity index (χ3v) is 5.62. The van der Waals surface area contributed by atoms with Crippen LogP contribution in [-0.2, 0) is 16.0 Å². The maximum Gasteiger partial charge on any atom is 0.363 e. The van der Waals surface area contributed by atoms with Crippen LogP contribution in [0.25, 0.3) is 6.08 Å². The van der Waals surface area contributed by atoms with E-state index in [2.05, 4.69) is 33.1 Å². The van der Waals surface area contributed by atoms with Gasteiger partial charge in [0.05, 0.1) is 6.61 Å². The van der Waals surface area contributed by atoms with Crippen LogP contribution in [-0.4, -0.2) is 18.5 Å². The highest BCUT2D eigenvalue weighted by atomic mass is 79.9. The number of rotatable bonds is 6. The van der Waals surface area contributed by atoms with E-state index in [1.807, 2.05) is 67.6 Å². The molecular formula is C25H20BrNO3. The molecule has 4 rings (SSSR count). The van der Waals surface area contributed by atoms with Gasteiger partial charge in [0.25, 0.3) is 0 Å². The highest BCUT2D eigenvalue weighted by Gasteiger charge is 2.24. The van der Waals surface area contributed by atoms with E-state index in [9.17, 15) is 4.79 Å². The van der Waals surface area contributed by atoms with Gasteiger partial charge >= 0.3 is 5.97 Å². The summed E-state index contributed by atoms with van der Waals surface area (Å²) in [5.74, 6) is 0.547. The first-order chi connectivity index (χ1) is 14.6. The molecule has 150 valence electrons. The van der Waals surface area contributed by atoms with Crippen molar-refractivity contribution in [3.05, 3.63) is 105 Å². The van der Waals surface area contributed by atoms with E-state index in [-0.39, 0.29) is 5.70 Å². The highest BCUT2D eigenvalue weighted by Crippen LogP contribution is 2.26. The minimum absolute atomic E-state index is 0.254. The Kier molecular flexibility index (Phi) is 6.10. The first-order valence-corrected chi connectivity index (χ1v) is 10.4. The number of esters is 1. The Labute approximate surface area is 184 Å². The second-order valence-corrected chi connectivity index (χ2v) is 7.78. The summed E-state index contributed by atoms with van der Waals surface area (Å²) in [5, 5.41) is 0. The zero-order valence-electron chi connectivity index (χ0n) is 16.5. The number of para-hydroxylation sites is 1. The van der Waals surface area contributed by atoms with Crippen molar-refractivity contribution in [1.82, 2.24) is 0 Å². The van der Waals surface area contributed by atoms with Crippen LogP contribution in [0, 0.1) is 6.92 Å². The topological polar surface area (TPSA) is 47.9 Å². The summed E-state index contributed by atoms with van der Waals surface area (Å²) in [6.45, 7) is 2.52. The third kappa shape index (κ3) is 4.69. The molecule has 5 heteroatoms. The molecule has 30 heavy (non-hydrogen) atoms. The molecule has 0 radical (unpaired) electrons. The fourth-order valence-electron chi connectivity index (χ4n) is 3.11. The largest absolute Gasteiger partial charge is 0.493 e. The standard InChI is InChI=1S/C25H20BrNO3/c1-17-15-20(11-12-21(17)26)24-27-22(25(28)30-24)16-19-9-5-6-10-23(19)29-14-13-18-7-3-2-4-8-18/h2-12,15-16H,13-14H2,1H3/b22-16+. The zero-order valence-corrected chi connectivity index (χ0v) is 18.1. The fraction of sp³-hybridized carbons (Fsp3) is 0.120. The number of aryl methyl sites for hydroxylation is 1. The maximum atomic E-state index is 12.4. The number of carbonyl (C=O) groups excluding carboxylic acids is 1. The molecule has 1 aliphatic rings. The van der Waals surface area contributed by atoms with Gasteiger partial charge in [0.2, 0.25) is 5.90 Å². The molecule has 0 atom stereocenters. The Morgan fingerprint density at radius 3 is 2.60 bits per heavy atom. The lowest BCUT2D eigenvalue weighted by Crippen LogP contribution is -2.05. The van der Waals surface area contributed by atoms with Gasteiger partial charge < -0.3 is 9.47 Å². The summed E-state index contributed by atoms with van der Waals surface area (Å²) >= 11 is 3.48. The first kappa shape index (κ1) is 20.1. The van der Waals surface area contributed by atoms with Crippen LogP contribution in [0.3, 0.4) is 0 Å². The molecule has 0 saturated carbocycles. The number of carbonyl (C=O) groups is 1. The Balaban J connectivity index is 1.53. The fourth-order valence-corrected chi connectivity index (χ4v) is 3.36. The number of cyclic esters (lactones) is 1. The van der Waals surface area contributed by atoms with E-state index in [1.54, 1.807) is 6.08 Å².